The van der Waals surface area contributed by atoms with E-state index in [1.54, 1.807) is 0 Å². The summed E-state index contributed by atoms with van der Waals surface area (Å²) in [5.41, 5.74) is 0. The summed E-state index contributed by atoms with van der Waals surface area (Å²) in [7, 11) is 0. The van der Waals surface area contributed by atoms with E-state index in [9.17, 15) is 14.4 Å². The molecule has 0 aliphatic carbocycles. The maximum Gasteiger partial charge on any atom is 0.306 e. The van der Waals surface area contributed by atoms with Gasteiger partial charge in [-0.2, -0.15) is 0 Å². The van der Waals surface area contributed by atoms with Gasteiger partial charge >= 0.3 is 17.9 Å². The molecule has 6 nitrogen and oxygen atoms in total. The van der Waals surface area contributed by atoms with Gasteiger partial charge in [-0.15, -0.1) is 0 Å². The van der Waals surface area contributed by atoms with Gasteiger partial charge in [0.1, 0.15) is 13.2 Å². The number of esters is 3. The second-order valence-corrected chi connectivity index (χ2v) is 19.5. The topological polar surface area (TPSA) is 78.9 Å². The first-order valence-electron chi connectivity index (χ1n) is 29.4. The minimum atomic E-state index is -0.800. The van der Waals surface area contributed by atoms with Crippen LogP contribution in [0.2, 0.25) is 0 Å². The van der Waals surface area contributed by atoms with E-state index in [1.165, 1.54) is 161 Å². The van der Waals surface area contributed by atoms with E-state index in [0.29, 0.717) is 19.3 Å². The van der Waals surface area contributed by atoms with Crippen LogP contribution in [-0.4, -0.2) is 37.2 Å². The quantitative estimate of drug-likeness (QED) is 0.0262. The molecule has 0 spiro atoms. The van der Waals surface area contributed by atoms with Gasteiger partial charge in [0.25, 0.3) is 0 Å². The van der Waals surface area contributed by atoms with Crippen LogP contribution in [0.25, 0.3) is 0 Å². The van der Waals surface area contributed by atoms with E-state index in [2.05, 4.69) is 93.7 Å². The van der Waals surface area contributed by atoms with Crippen molar-refractivity contribution in [1.82, 2.24) is 0 Å². The Bertz CT molecular complexity index is 1290. The summed E-state index contributed by atoms with van der Waals surface area (Å²) in [6.07, 6.45) is 73.3. The van der Waals surface area contributed by atoms with Gasteiger partial charge < -0.3 is 14.2 Å². The lowest BCUT2D eigenvalue weighted by Crippen LogP contribution is -2.30. The molecule has 0 aromatic carbocycles. The minimum Gasteiger partial charge on any atom is -0.462 e. The Balaban J connectivity index is 4.44. The first-order valence-corrected chi connectivity index (χ1v) is 29.4. The van der Waals surface area contributed by atoms with Crippen molar-refractivity contribution in [3.8, 4) is 0 Å². The van der Waals surface area contributed by atoms with Crippen molar-refractivity contribution >= 4 is 17.9 Å². The molecular formula is C63H110O6. The predicted octanol–water partition coefficient (Wildman–Crippen LogP) is 19.8. The van der Waals surface area contributed by atoms with Crippen molar-refractivity contribution in [2.24, 2.45) is 0 Å². The lowest BCUT2D eigenvalue weighted by molar-refractivity contribution is -0.167. The third-order valence-corrected chi connectivity index (χ3v) is 12.7. The first-order chi connectivity index (χ1) is 34.0. The molecule has 0 rings (SSSR count). The van der Waals surface area contributed by atoms with Crippen LogP contribution in [0.1, 0.15) is 290 Å². The predicted molar refractivity (Wildman–Crippen MR) is 298 cm³/mol. The molecule has 0 bridgehead atoms. The van der Waals surface area contributed by atoms with Gasteiger partial charge in [-0.05, 0) is 83.5 Å². The fourth-order valence-corrected chi connectivity index (χ4v) is 8.30. The van der Waals surface area contributed by atoms with Gasteiger partial charge in [0.2, 0.25) is 0 Å². The number of allylic oxidation sites excluding steroid dienone is 12. The van der Waals surface area contributed by atoms with Gasteiger partial charge in [0.05, 0.1) is 0 Å². The second-order valence-electron chi connectivity index (χ2n) is 19.5. The van der Waals surface area contributed by atoms with E-state index in [1.807, 2.05) is 0 Å². The fourth-order valence-electron chi connectivity index (χ4n) is 8.30. The van der Waals surface area contributed by atoms with Crippen molar-refractivity contribution in [2.45, 2.75) is 297 Å². The molecule has 0 unspecified atom stereocenters. The number of hydrogen-bond acceptors (Lipinski definition) is 6. The van der Waals surface area contributed by atoms with Crippen molar-refractivity contribution in [3.05, 3.63) is 72.9 Å². The maximum absolute atomic E-state index is 12.9. The number of carbonyl (C=O) groups is 3. The summed E-state index contributed by atoms with van der Waals surface area (Å²) in [5.74, 6) is -0.951. The van der Waals surface area contributed by atoms with Crippen LogP contribution in [0.5, 0.6) is 0 Å². The molecule has 0 N–H and O–H groups in total. The molecular weight excluding hydrogens is 853 g/mol. The Morgan fingerprint density at radius 2 is 0.580 bits per heavy atom. The van der Waals surface area contributed by atoms with E-state index >= 15 is 0 Å². The molecule has 0 amide bonds. The molecule has 0 fully saturated rings. The molecule has 69 heavy (non-hydrogen) atoms. The second kappa shape index (κ2) is 57.4. The largest absolute Gasteiger partial charge is 0.462 e. The Kier molecular flexibility index (Phi) is 54.8. The average Bonchev–Trinajstić information content (AvgIpc) is 3.35. The van der Waals surface area contributed by atoms with Crippen molar-refractivity contribution in [1.29, 1.82) is 0 Å². The van der Waals surface area contributed by atoms with Crippen LogP contribution in [0.3, 0.4) is 0 Å². The van der Waals surface area contributed by atoms with E-state index in [-0.39, 0.29) is 37.5 Å². The summed E-state index contributed by atoms with van der Waals surface area (Å²) in [6, 6.07) is 0. The summed E-state index contributed by atoms with van der Waals surface area (Å²) in [5, 5.41) is 0. The molecule has 0 aliphatic rings. The zero-order valence-electron chi connectivity index (χ0n) is 45.6. The van der Waals surface area contributed by atoms with Crippen LogP contribution < -0.4 is 0 Å². The van der Waals surface area contributed by atoms with Crippen LogP contribution in [-0.2, 0) is 28.6 Å². The average molecular weight is 964 g/mol. The number of carbonyl (C=O) groups excluding carboxylic acids is 3. The molecule has 0 aromatic heterocycles. The standard InChI is InChI=1S/C63H110O6/c1-4-7-10-13-16-19-22-25-28-30-31-33-36-39-42-45-48-51-54-57-63(66)69-60(58-67-61(64)55-52-49-46-43-40-37-34-27-24-21-18-15-12-9-6-3)59-68-62(65)56-53-50-47-44-41-38-35-32-29-26-23-20-17-14-11-8-5-2/h8,11,17,20,26-27,29,34-35,38,44,47,60H,4-7,9-10,12-16,18-19,21-25,28,30-33,36-37,39-43,45-46,48-59H2,1-3H3/b11-8-,20-17-,29-26-,34-27-,38-35-,47-44-/t60-/m0/s1. The molecule has 1 atom stereocenters. The first kappa shape index (κ1) is 65.8. The zero-order chi connectivity index (χ0) is 50.0. The van der Waals surface area contributed by atoms with E-state index in [0.717, 1.165) is 83.5 Å². The van der Waals surface area contributed by atoms with Gasteiger partial charge in [-0.1, -0.05) is 261 Å². The van der Waals surface area contributed by atoms with Crippen molar-refractivity contribution < 1.29 is 28.6 Å². The molecule has 0 saturated carbocycles. The highest BCUT2D eigenvalue weighted by atomic mass is 16.6. The Hall–Kier alpha value is -3.15. The van der Waals surface area contributed by atoms with Gasteiger partial charge in [0.15, 0.2) is 6.10 Å². The molecule has 0 aromatic rings. The maximum atomic E-state index is 12.9. The van der Waals surface area contributed by atoms with Gasteiger partial charge in [-0.3, -0.25) is 14.4 Å². The summed E-state index contributed by atoms with van der Waals surface area (Å²) in [6.45, 7) is 6.50. The molecule has 0 aliphatic heterocycles. The normalized spacial score (nSPS) is 12.6. The summed E-state index contributed by atoms with van der Waals surface area (Å²) >= 11 is 0. The molecule has 0 radical (unpaired) electrons. The number of hydrogen-bond donors (Lipinski definition) is 0. The van der Waals surface area contributed by atoms with Crippen LogP contribution >= 0.6 is 0 Å². The molecule has 0 heterocycles. The highest BCUT2D eigenvalue weighted by molar-refractivity contribution is 5.71. The van der Waals surface area contributed by atoms with Crippen molar-refractivity contribution in [3.63, 3.8) is 0 Å². The monoisotopic (exact) mass is 963 g/mol. The number of ether oxygens (including phenoxy) is 3. The highest BCUT2D eigenvalue weighted by Crippen LogP contribution is 2.16. The molecule has 0 saturated heterocycles. The molecule has 398 valence electrons. The third kappa shape index (κ3) is 55.6. The van der Waals surface area contributed by atoms with E-state index in [4.69, 9.17) is 14.2 Å². The fraction of sp³-hybridized carbons (Fsp3) is 0.762. The smallest absolute Gasteiger partial charge is 0.306 e. The van der Waals surface area contributed by atoms with Gasteiger partial charge in [0, 0.05) is 19.3 Å². The number of rotatable bonds is 53. The minimum absolute atomic E-state index is 0.0951. The summed E-state index contributed by atoms with van der Waals surface area (Å²) < 4.78 is 16.8. The Morgan fingerprint density at radius 1 is 0.304 bits per heavy atom. The van der Waals surface area contributed by atoms with Crippen LogP contribution in [0.4, 0.5) is 0 Å². The Morgan fingerprint density at radius 3 is 0.957 bits per heavy atom. The van der Waals surface area contributed by atoms with Gasteiger partial charge in [-0.25, -0.2) is 0 Å². The zero-order valence-corrected chi connectivity index (χ0v) is 45.6. The van der Waals surface area contributed by atoms with Crippen LogP contribution in [0.15, 0.2) is 72.9 Å². The SMILES string of the molecule is CC/C=C\C/C=C\C/C=C\C/C=C\C/C=C\CCCC(=O)OC[C@H](COC(=O)CCCCCCC/C=C\CCCCCCCC)OC(=O)CCCCCCCCCCCCCCCCCCCCC. The third-order valence-electron chi connectivity index (χ3n) is 12.7. The summed E-state index contributed by atoms with van der Waals surface area (Å²) in [4.78, 5) is 38.2. The highest BCUT2D eigenvalue weighted by Gasteiger charge is 2.19. The van der Waals surface area contributed by atoms with Crippen molar-refractivity contribution in [2.75, 3.05) is 13.2 Å². The van der Waals surface area contributed by atoms with E-state index < -0.39 is 6.10 Å². The lowest BCUT2D eigenvalue weighted by Gasteiger charge is -2.18. The van der Waals surface area contributed by atoms with Crippen LogP contribution in [0, 0.1) is 0 Å². The number of unbranched alkanes of at least 4 members (excludes halogenated alkanes) is 30. The molecule has 6 heteroatoms. The Labute approximate surface area is 427 Å². The lowest BCUT2D eigenvalue weighted by atomic mass is 10.0.